The van der Waals surface area contributed by atoms with Crippen molar-refractivity contribution in [3.05, 3.63) is 47.3 Å². The predicted molar refractivity (Wildman–Crippen MR) is 128 cm³/mol. The van der Waals surface area contributed by atoms with Crippen molar-refractivity contribution in [3.63, 3.8) is 0 Å². The molecule has 0 bridgehead atoms. The lowest BCUT2D eigenvalue weighted by Gasteiger charge is -2.45. The maximum absolute atomic E-state index is 13.2. The first-order chi connectivity index (χ1) is 15.1. The SMILES string of the molecule is CC1CN(C[C@H]2CN(S(=O)(=O)c3cccs3)CCN2c2ccc(C(C)(C)O)cc2)CCO1. The molecule has 0 amide bonds. The van der Waals surface area contributed by atoms with Crippen LogP contribution in [0, 0.1) is 0 Å². The molecule has 2 aliphatic rings. The summed E-state index contributed by atoms with van der Waals surface area (Å²) in [5.74, 6) is 0. The van der Waals surface area contributed by atoms with E-state index in [4.69, 9.17) is 4.74 Å². The van der Waals surface area contributed by atoms with Crippen molar-refractivity contribution in [1.29, 1.82) is 0 Å². The van der Waals surface area contributed by atoms with Gasteiger partial charge in [-0.05, 0) is 49.9 Å². The summed E-state index contributed by atoms with van der Waals surface area (Å²) in [6.07, 6.45) is 0.179. The molecular formula is C23H33N3O4S2. The van der Waals surface area contributed by atoms with Gasteiger partial charge in [-0.15, -0.1) is 11.3 Å². The minimum absolute atomic E-state index is 0.0248. The Morgan fingerprint density at radius 2 is 1.88 bits per heavy atom. The number of sulfonamides is 1. The zero-order valence-electron chi connectivity index (χ0n) is 19.0. The molecule has 3 heterocycles. The summed E-state index contributed by atoms with van der Waals surface area (Å²) < 4.78 is 34.1. The second-order valence-electron chi connectivity index (χ2n) is 9.19. The Labute approximate surface area is 195 Å². The van der Waals surface area contributed by atoms with E-state index >= 15 is 0 Å². The zero-order valence-corrected chi connectivity index (χ0v) is 20.6. The number of morpholine rings is 1. The topological polar surface area (TPSA) is 73.3 Å². The molecule has 0 spiro atoms. The number of benzene rings is 1. The number of nitrogens with zero attached hydrogens (tertiary/aromatic N) is 3. The number of rotatable bonds is 6. The van der Waals surface area contributed by atoms with Gasteiger partial charge in [-0.25, -0.2) is 8.42 Å². The Bertz CT molecular complexity index is 987. The van der Waals surface area contributed by atoms with Crippen LogP contribution in [-0.2, 0) is 20.4 Å². The minimum atomic E-state index is -3.49. The van der Waals surface area contributed by atoms with Gasteiger partial charge in [-0.2, -0.15) is 4.31 Å². The van der Waals surface area contributed by atoms with Gasteiger partial charge in [0, 0.05) is 45.0 Å². The molecule has 2 aromatic rings. The number of ether oxygens (including phenoxy) is 1. The highest BCUT2D eigenvalue weighted by Gasteiger charge is 2.36. The van der Waals surface area contributed by atoms with Crippen molar-refractivity contribution in [2.24, 2.45) is 0 Å². The lowest BCUT2D eigenvalue weighted by atomic mass is 9.98. The lowest BCUT2D eigenvalue weighted by molar-refractivity contribution is -0.0210. The lowest BCUT2D eigenvalue weighted by Crippen LogP contribution is -2.59. The third kappa shape index (κ3) is 5.18. The van der Waals surface area contributed by atoms with Crippen LogP contribution in [0.3, 0.4) is 0 Å². The van der Waals surface area contributed by atoms with E-state index in [-0.39, 0.29) is 12.1 Å². The molecule has 2 saturated heterocycles. The van der Waals surface area contributed by atoms with Crippen LogP contribution in [0.2, 0.25) is 0 Å². The second-order valence-corrected chi connectivity index (χ2v) is 12.3. The van der Waals surface area contributed by atoms with E-state index in [1.54, 1.807) is 35.7 Å². The number of piperazine rings is 1. The maximum Gasteiger partial charge on any atom is 0.252 e. The number of thiophene rings is 1. The fraction of sp³-hybridized carbons (Fsp3) is 0.565. The van der Waals surface area contributed by atoms with Crippen molar-refractivity contribution in [2.45, 2.75) is 42.7 Å². The molecule has 7 nitrogen and oxygen atoms in total. The second kappa shape index (κ2) is 9.40. The smallest absolute Gasteiger partial charge is 0.252 e. The number of aliphatic hydroxyl groups is 1. The summed E-state index contributed by atoms with van der Waals surface area (Å²) in [6, 6.07) is 11.5. The fourth-order valence-corrected chi connectivity index (χ4v) is 7.11. The van der Waals surface area contributed by atoms with E-state index < -0.39 is 15.6 Å². The standard InChI is InChI=1S/C23H33N3O4S2/c1-18-15-24(12-13-30-18)16-21-17-25(32(28,29)22-5-4-14-31-22)10-11-26(21)20-8-6-19(7-9-20)23(2,3)27/h4-9,14,18,21,27H,10-13,15-17H2,1-3H3/t18?,21-/m0/s1. The van der Waals surface area contributed by atoms with Crippen LogP contribution < -0.4 is 4.90 Å². The van der Waals surface area contributed by atoms with Crippen molar-refractivity contribution in [1.82, 2.24) is 9.21 Å². The quantitative estimate of drug-likeness (QED) is 0.687. The molecule has 2 atom stereocenters. The van der Waals surface area contributed by atoms with E-state index in [9.17, 15) is 13.5 Å². The molecule has 32 heavy (non-hydrogen) atoms. The summed E-state index contributed by atoms with van der Waals surface area (Å²) in [6.45, 7) is 10.3. The summed E-state index contributed by atoms with van der Waals surface area (Å²) in [4.78, 5) is 4.69. The van der Waals surface area contributed by atoms with E-state index in [1.807, 2.05) is 24.3 Å². The van der Waals surface area contributed by atoms with Crippen molar-refractivity contribution >= 4 is 27.0 Å². The fourth-order valence-electron chi connectivity index (χ4n) is 4.49. The van der Waals surface area contributed by atoms with E-state index in [0.29, 0.717) is 30.5 Å². The largest absolute Gasteiger partial charge is 0.386 e. The Morgan fingerprint density at radius 1 is 1.12 bits per heavy atom. The average molecular weight is 480 g/mol. The highest BCUT2D eigenvalue weighted by atomic mass is 32.2. The highest BCUT2D eigenvalue weighted by Crippen LogP contribution is 2.29. The van der Waals surface area contributed by atoms with Gasteiger partial charge in [0.1, 0.15) is 4.21 Å². The van der Waals surface area contributed by atoms with Gasteiger partial charge < -0.3 is 14.7 Å². The molecule has 2 aliphatic heterocycles. The van der Waals surface area contributed by atoms with Crippen LogP contribution in [0.25, 0.3) is 0 Å². The highest BCUT2D eigenvalue weighted by molar-refractivity contribution is 7.91. The molecule has 9 heteroatoms. The molecule has 1 N–H and O–H groups in total. The molecule has 176 valence electrons. The molecule has 2 fully saturated rings. The van der Waals surface area contributed by atoms with Crippen LogP contribution in [0.4, 0.5) is 5.69 Å². The number of hydrogen-bond donors (Lipinski definition) is 1. The molecule has 1 aromatic carbocycles. The third-order valence-corrected chi connectivity index (χ3v) is 9.47. The van der Waals surface area contributed by atoms with E-state index in [1.165, 1.54) is 11.3 Å². The van der Waals surface area contributed by atoms with E-state index in [2.05, 4.69) is 16.7 Å². The molecule has 0 saturated carbocycles. The molecule has 0 radical (unpaired) electrons. The van der Waals surface area contributed by atoms with Gasteiger partial charge in [0.25, 0.3) is 10.0 Å². The van der Waals surface area contributed by atoms with Crippen molar-refractivity contribution < 1.29 is 18.3 Å². The van der Waals surface area contributed by atoms with Crippen LogP contribution >= 0.6 is 11.3 Å². The van der Waals surface area contributed by atoms with Crippen LogP contribution in [-0.4, -0.2) is 80.8 Å². The molecule has 0 aliphatic carbocycles. The Kier molecular flexibility index (Phi) is 6.95. The van der Waals surface area contributed by atoms with Gasteiger partial charge in [-0.3, -0.25) is 4.90 Å². The summed E-state index contributed by atoms with van der Waals surface area (Å²) in [7, 11) is -3.49. The Balaban J connectivity index is 1.58. The first kappa shape index (κ1) is 23.7. The van der Waals surface area contributed by atoms with Gasteiger partial charge in [0.15, 0.2) is 0 Å². The van der Waals surface area contributed by atoms with Gasteiger partial charge in [-0.1, -0.05) is 18.2 Å². The summed E-state index contributed by atoms with van der Waals surface area (Å²) >= 11 is 1.27. The Morgan fingerprint density at radius 3 is 2.50 bits per heavy atom. The summed E-state index contributed by atoms with van der Waals surface area (Å²) in [5.41, 5.74) is 1.02. The minimum Gasteiger partial charge on any atom is -0.386 e. The van der Waals surface area contributed by atoms with Crippen LogP contribution in [0.5, 0.6) is 0 Å². The van der Waals surface area contributed by atoms with Crippen molar-refractivity contribution in [3.8, 4) is 0 Å². The number of hydrogen-bond acceptors (Lipinski definition) is 7. The molecular weight excluding hydrogens is 446 g/mol. The average Bonchev–Trinajstić information content (AvgIpc) is 3.29. The monoisotopic (exact) mass is 479 g/mol. The molecule has 1 aromatic heterocycles. The summed E-state index contributed by atoms with van der Waals surface area (Å²) in [5, 5.41) is 12.1. The van der Waals surface area contributed by atoms with Gasteiger partial charge >= 0.3 is 0 Å². The molecule has 1 unspecified atom stereocenters. The van der Waals surface area contributed by atoms with Crippen LogP contribution in [0.15, 0.2) is 46.0 Å². The molecule has 4 rings (SSSR count). The van der Waals surface area contributed by atoms with Gasteiger partial charge in [0.05, 0.1) is 24.4 Å². The van der Waals surface area contributed by atoms with E-state index in [0.717, 1.165) is 30.9 Å². The normalized spacial score (nSPS) is 24.1. The first-order valence-electron chi connectivity index (χ1n) is 11.1. The van der Waals surface area contributed by atoms with Crippen LogP contribution in [0.1, 0.15) is 26.3 Å². The third-order valence-electron chi connectivity index (χ3n) is 6.23. The van der Waals surface area contributed by atoms with Gasteiger partial charge in [0.2, 0.25) is 0 Å². The first-order valence-corrected chi connectivity index (χ1v) is 13.4. The Hall–Kier alpha value is -1.49. The zero-order chi connectivity index (χ0) is 22.9. The maximum atomic E-state index is 13.2. The predicted octanol–water partition coefficient (Wildman–Crippen LogP) is 2.58. The van der Waals surface area contributed by atoms with Crippen molar-refractivity contribution in [2.75, 3.05) is 50.8 Å². The number of anilines is 1.